The largest absolute Gasteiger partial charge is 0.359 e. The number of hydrogen-bond acceptors (Lipinski definition) is 4. The van der Waals surface area contributed by atoms with E-state index in [0.29, 0.717) is 22.5 Å². The molecule has 2 saturated heterocycles. The third-order valence-corrected chi connectivity index (χ3v) is 9.30. The number of carbonyl (C=O) groups excluding carboxylic acids is 3. The van der Waals surface area contributed by atoms with Crippen molar-refractivity contribution in [1.82, 2.24) is 10.2 Å². The van der Waals surface area contributed by atoms with E-state index in [9.17, 15) is 14.4 Å². The highest BCUT2D eigenvalue weighted by atomic mass is 35.5. The van der Waals surface area contributed by atoms with Gasteiger partial charge in [-0.1, -0.05) is 56.5 Å². The molecule has 2 N–H and O–H groups in total. The molecule has 7 nitrogen and oxygen atoms in total. The maximum Gasteiger partial charge on any atom is 0.246 e. The molecule has 1 aromatic carbocycles. The minimum Gasteiger partial charge on any atom is -0.359 e. The fraction of sp³-hybridized carbons (Fsp3) is 0.607. The fourth-order valence-corrected chi connectivity index (χ4v) is 6.89. The molecule has 0 unspecified atom stereocenters. The molecule has 194 valence electrons. The lowest BCUT2D eigenvalue weighted by Crippen LogP contribution is -2.58. The smallest absolute Gasteiger partial charge is 0.246 e. The first kappa shape index (κ1) is 25.3. The lowest BCUT2D eigenvalue weighted by atomic mass is 9.73. The second kappa shape index (κ2) is 9.18. The predicted octanol–water partition coefficient (Wildman–Crippen LogP) is 4.09. The van der Waals surface area contributed by atoms with Crippen molar-refractivity contribution < 1.29 is 19.1 Å². The van der Waals surface area contributed by atoms with Crippen molar-refractivity contribution in [2.24, 2.45) is 23.7 Å². The molecule has 0 aromatic heterocycles. The van der Waals surface area contributed by atoms with E-state index in [1.807, 2.05) is 39.0 Å². The van der Waals surface area contributed by atoms with E-state index in [0.717, 1.165) is 24.8 Å². The van der Waals surface area contributed by atoms with E-state index in [-0.39, 0.29) is 29.8 Å². The first-order valence-electron chi connectivity index (χ1n) is 13.1. The van der Waals surface area contributed by atoms with Crippen LogP contribution in [0, 0.1) is 30.6 Å². The number of benzene rings is 1. The zero-order chi connectivity index (χ0) is 25.9. The summed E-state index contributed by atoms with van der Waals surface area (Å²) in [6, 6.07) is 4.37. The van der Waals surface area contributed by atoms with Crippen LogP contribution in [-0.4, -0.2) is 52.5 Å². The van der Waals surface area contributed by atoms with Crippen molar-refractivity contribution in [2.75, 3.05) is 5.32 Å². The number of carbonyl (C=O) groups is 3. The number of hydrogen-bond donors (Lipinski definition) is 2. The van der Waals surface area contributed by atoms with Gasteiger partial charge in [0.25, 0.3) is 0 Å². The zero-order valence-corrected chi connectivity index (χ0v) is 22.3. The van der Waals surface area contributed by atoms with Gasteiger partial charge in [0.15, 0.2) is 0 Å². The molecule has 3 heterocycles. The van der Waals surface area contributed by atoms with Crippen molar-refractivity contribution in [1.29, 1.82) is 0 Å². The summed E-state index contributed by atoms with van der Waals surface area (Å²) in [7, 11) is 0. The van der Waals surface area contributed by atoms with Crippen molar-refractivity contribution in [3.05, 3.63) is 40.9 Å². The van der Waals surface area contributed by atoms with Crippen molar-refractivity contribution in [3.63, 3.8) is 0 Å². The van der Waals surface area contributed by atoms with Gasteiger partial charge in [-0.15, -0.1) is 0 Å². The van der Waals surface area contributed by atoms with Gasteiger partial charge in [-0.25, -0.2) is 0 Å². The predicted molar refractivity (Wildman–Crippen MR) is 138 cm³/mol. The van der Waals surface area contributed by atoms with E-state index >= 15 is 0 Å². The molecule has 3 aliphatic heterocycles. The number of fused-ring (bicyclic) bond motifs is 1. The van der Waals surface area contributed by atoms with Crippen molar-refractivity contribution >= 4 is 35.0 Å². The summed E-state index contributed by atoms with van der Waals surface area (Å²) in [5.41, 5.74) is 0.332. The standard InChI is InChI=1S/C28H36ClN3O4/c1-14(2)32-24(26(34)31-20-8-6-7-15(3)17(20)5)28-12-11-21(36-28)22(23(28)27(32)35)25(33)30-18-10-9-16(4)19(29)13-18/h9-15,17,20-24H,6-8H2,1-5H3,(H,30,33)(H,31,34)/t15-,17+,20+,21+,22-,23+,24+,28+/m0/s1. The van der Waals surface area contributed by atoms with Crippen LogP contribution in [0.5, 0.6) is 0 Å². The third kappa shape index (κ3) is 3.86. The second-order valence-electron chi connectivity index (χ2n) is 11.4. The highest BCUT2D eigenvalue weighted by Crippen LogP contribution is 2.55. The Bertz CT molecular complexity index is 1120. The maximum atomic E-state index is 13.9. The van der Waals surface area contributed by atoms with Crippen molar-refractivity contribution in [2.45, 2.75) is 83.7 Å². The van der Waals surface area contributed by atoms with E-state index in [4.69, 9.17) is 16.3 Å². The minimum absolute atomic E-state index is 0.0637. The molecule has 1 aliphatic carbocycles. The van der Waals surface area contributed by atoms with Crippen LogP contribution in [-0.2, 0) is 19.1 Å². The average molecular weight is 514 g/mol. The number of nitrogens with one attached hydrogen (secondary N) is 2. The third-order valence-electron chi connectivity index (χ3n) is 8.89. The highest BCUT2D eigenvalue weighted by molar-refractivity contribution is 6.31. The Labute approximate surface area is 218 Å². The molecule has 8 heteroatoms. The lowest BCUT2D eigenvalue weighted by molar-refractivity contribution is -0.143. The van der Waals surface area contributed by atoms with Crippen LogP contribution in [0.1, 0.15) is 52.5 Å². The Morgan fingerprint density at radius 1 is 1.19 bits per heavy atom. The van der Waals surface area contributed by atoms with E-state index < -0.39 is 29.6 Å². The number of nitrogens with zero attached hydrogens (tertiary/aromatic N) is 1. The molecule has 1 saturated carbocycles. The van der Waals surface area contributed by atoms with Gasteiger partial charge in [0.05, 0.1) is 17.9 Å². The normalized spacial score (nSPS) is 36.9. The topological polar surface area (TPSA) is 87.7 Å². The van der Waals surface area contributed by atoms with Crippen LogP contribution >= 0.6 is 11.6 Å². The molecule has 5 rings (SSSR count). The molecule has 8 atom stereocenters. The fourth-order valence-electron chi connectivity index (χ4n) is 6.71. The van der Waals surface area contributed by atoms with E-state index in [2.05, 4.69) is 24.5 Å². The summed E-state index contributed by atoms with van der Waals surface area (Å²) < 4.78 is 6.40. The monoisotopic (exact) mass is 513 g/mol. The minimum atomic E-state index is -1.15. The van der Waals surface area contributed by atoms with Crippen LogP contribution in [0.2, 0.25) is 5.02 Å². The molecule has 1 aromatic rings. The summed E-state index contributed by atoms with van der Waals surface area (Å²) >= 11 is 6.25. The van der Waals surface area contributed by atoms with Crippen LogP contribution in [0.3, 0.4) is 0 Å². The van der Waals surface area contributed by atoms with Gasteiger partial charge in [-0.2, -0.15) is 0 Å². The van der Waals surface area contributed by atoms with Gasteiger partial charge in [0.2, 0.25) is 17.7 Å². The number of halogens is 1. The highest BCUT2D eigenvalue weighted by Gasteiger charge is 2.73. The lowest BCUT2D eigenvalue weighted by Gasteiger charge is -2.38. The number of aryl methyl sites for hydroxylation is 1. The summed E-state index contributed by atoms with van der Waals surface area (Å²) in [5, 5.41) is 6.75. The molecule has 1 spiro atoms. The van der Waals surface area contributed by atoms with E-state index in [1.54, 1.807) is 17.0 Å². The molecular formula is C28H36ClN3O4. The molecule has 3 fully saturated rings. The maximum absolute atomic E-state index is 13.9. The van der Waals surface area contributed by atoms with Gasteiger partial charge in [0, 0.05) is 22.8 Å². The number of amides is 3. The summed E-state index contributed by atoms with van der Waals surface area (Å²) in [5.74, 6) is -1.29. The Hall–Kier alpha value is -2.38. The molecule has 4 aliphatic rings. The first-order chi connectivity index (χ1) is 17.0. The van der Waals surface area contributed by atoms with Gasteiger partial charge >= 0.3 is 0 Å². The first-order valence-corrected chi connectivity index (χ1v) is 13.5. The quantitative estimate of drug-likeness (QED) is 0.580. The number of ether oxygens (including phenoxy) is 1. The average Bonchev–Trinajstić information content (AvgIpc) is 3.46. The van der Waals surface area contributed by atoms with Gasteiger partial charge in [-0.05, 0) is 56.7 Å². The van der Waals surface area contributed by atoms with Crippen molar-refractivity contribution in [3.8, 4) is 0 Å². The molecule has 3 amide bonds. The summed E-state index contributed by atoms with van der Waals surface area (Å²) in [6.45, 7) is 10.1. The number of rotatable bonds is 5. The SMILES string of the molecule is Cc1ccc(NC(=O)[C@H]2[C@H]3C=C[C@@]4(O3)[C@H]2C(=O)N(C(C)C)[C@@H]4C(=O)N[C@@H]2CCC[C@H](C)[C@H]2C)cc1Cl. The molecular weight excluding hydrogens is 478 g/mol. The Kier molecular flexibility index (Phi) is 6.44. The summed E-state index contributed by atoms with van der Waals surface area (Å²) in [6.07, 6.45) is 6.30. The van der Waals surface area contributed by atoms with Crippen LogP contribution < -0.4 is 10.6 Å². The number of anilines is 1. The molecule has 2 bridgehead atoms. The van der Waals surface area contributed by atoms with Gasteiger partial charge in [-0.3, -0.25) is 14.4 Å². The van der Waals surface area contributed by atoms with Crippen LogP contribution in [0.25, 0.3) is 0 Å². The van der Waals surface area contributed by atoms with E-state index in [1.165, 1.54) is 0 Å². The molecule has 36 heavy (non-hydrogen) atoms. The Balaban J connectivity index is 1.43. The van der Waals surface area contributed by atoms with Gasteiger partial charge < -0.3 is 20.3 Å². The number of likely N-dealkylation sites (tertiary alicyclic amines) is 1. The Morgan fingerprint density at radius 2 is 1.94 bits per heavy atom. The van der Waals surface area contributed by atoms with Crippen LogP contribution in [0.15, 0.2) is 30.4 Å². The Morgan fingerprint density at radius 3 is 2.64 bits per heavy atom. The van der Waals surface area contributed by atoms with Crippen LogP contribution in [0.4, 0.5) is 5.69 Å². The molecule has 0 radical (unpaired) electrons. The second-order valence-corrected chi connectivity index (χ2v) is 11.8. The summed E-state index contributed by atoms with van der Waals surface area (Å²) in [4.78, 5) is 42.8. The zero-order valence-electron chi connectivity index (χ0n) is 21.6. The van der Waals surface area contributed by atoms with Gasteiger partial charge in [0.1, 0.15) is 11.6 Å².